The molecule has 0 aromatic heterocycles. The Labute approximate surface area is 115 Å². The van der Waals surface area contributed by atoms with Crippen LogP contribution in [-0.4, -0.2) is 31.3 Å². The van der Waals surface area contributed by atoms with Crippen molar-refractivity contribution in [3.05, 3.63) is 36.2 Å². The molecular formula is C12H14N4O4. The molecule has 0 saturated heterocycles. The van der Waals surface area contributed by atoms with Gasteiger partial charge < -0.3 is 14.6 Å². The lowest BCUT2D eigenvalue weighted by molar-refractivity contribution is 0.210. The number of nitrogens with zero attached hydrogens (tertiary/aromatic N) is 2. The van der Waals surface area contributed by atoms with Crippen LogP contribution in [0.3, 0.4) is 0 Å². The molecule has 0 bridgehead atoms. The zero-order chi connectivity index (χ0) is 14.5. The van der Waals surface area contributed by atoms with Gasteiger partial charge in [-0.25, -0.2) is 10.2 Å². The minimum Gasteiger partial charge on any atom is -0.481 e. The molecule has 1 aromatic carbocycles. The van der Waals surface area contributed by atoms with Crippen LogP contribution in [0.25, 0.3) is 0 Å². The van der Waals surface area contributed by atoms with E-state index in [-0.39, 0.29) is 0 Å². The van der Waals surface area contributed by atoms with E-state index in [1.807, 2.05) is 0 Å². The van der Waals surface area contributed by atoms with E-state index in [1.54, 1.807) is 30.3 Å². The highest BCUT2D eigenvalue weighted by molar-refractivity contribution is 5.92. The third-order valence-corrected chi connectivity index (χ3v) is 2.47. The van der Waals surface area contributed by atoms with Crippen molar-refractivity contribution < 1.29 is 19.4 Å². The van der Waals surface area contributed by atoms with Crippen LogP contribution in [0.15, 0.2) is 41.3 Å². The monoisotopic (exact) mass is 278 g/mol. The first-order chi connectivity index (χ1) is 9.63. The number of ether oxygens (including phenoxy) is 2. The number of methoxy groups -OCH3 is 2. The van der Waals surface area contributed by atoms with Crippen molar-refractivity contribution in [2.24, 2.45) is 5.10 Å². The van der Waals surface area contributed by atoms with E-state index in [4.69, 9.17) is 14.6 Å². The summed E-state index contributed by atoms with van der Waals surface area (Å²) in [6.45, 7) is 0. The van der Waals surface area contributed by atoms with E-state index in [2.05, 4.69) is 15.8 Å². The van der Waals surface area contributed by atoms with Crippen molar-refractivity contribution in [1.29, 1.82) is 0 Å². The van der Waals surface area contributed by atoms with E-state index >= 15 is 0 Å². The van der Waals surface area contributed by atoms with Gasteiger partial charge >= 0.3 is 6.09 Å². The number of benzene rings is 1. The molecule has 1 amide bonds. The Hall–Kier alpha value is -2.90. The first kappa shape index (κ1) is 13.5. The molecule has 1 aliphatic heterocycles. The van der Waals surface area contributed by atoms with Crippen molar-refractivity contribution in [3.8, 4) is 0 Å². The first-order valence-corrected chi connectivity index (χ1v) is 5.68. The maximum Gasteiger partial charge on any atom is 0.409 e. The number of para-hydroxylation sites is 2. The van der Waals surface area contributed by atoms with Crippen LogP contribution in [0, 0.1) is 0 Å². The predicted octanol–water partition coefficient (Wildman–Crippen LogP) is 1.55. The minimum atomic E-state index is -1.16. The van der Waals surface area contributed by atoms with Gasteiger partial charge in [0.1, 0.15) is 5.69 Å². The standard InChI is InChI=1S/C12H14N4O4/c1-19-10-7-11(20-2)15-16(14-10)9-6-4-3-5-8(9)13-12(17)18/h3-7,13-14H,1-2H3,(H,17,18). The van der Waals surface area contributed by atoms with Crippen LogP contribution < -0.4 is 15.9 Å². The van der Waals surface area contributed by atoms with Gasteiger partial charge in [0.25, 0.3) is 0 Å². The SMILES string of the molecule is COC1=CC(OC)=NN(c2ccccc2NC(=O)O)N1. The summed E-state index contributed by atoms with van der Waals surface area (Å²) in [5.41, 5.74) is 3.75. The van der Waals surface area contributed by atoms with Gasteiger partial charge in [-0.1, -0.05) is 12.1 Å². The molecule has 0 radical (unpaired) electrons. The van der Waals surface area contributed by atoms with E-state index in [0.29, 0.717) is 23.2 Å². The second kappa shape index (κ2) is 5.83. The molecule has 3 N–H and O–H groups in total. The van der Waals surface area contributed by atoms with E-state index < -0.39 is 6.09 Å². The second-order valence-electron chi connectivity index (χ2n) is 3.73. The normalized spacial score (nSPS) is 13.8. The number of hydrogen-bond donors (Lipinski definition) is 3. The third kappa shape index (κ3) is 2.91. The van der Waals surface area contributed by atoms with Gasteiger partial charge in [0.05, 0.1) is 26.0 Å². The average molecular weight is 278 g/mol. The molecule has 0 saturated carbocycles. The average Bonchev–Trinajstić information content (AvgIpc) is 2.46. The van der Waals surface area contributed by atoms with Crippen molar-refractivity contribution in [3.63, 3.8) is 0 Å². The van der Waals surface area contributed by atoms with Crippen LogP contribution in [-0.2, 0) is 9.47 Å². The number of carbonyl (C=O) groups is 1. The number of hydrazone groups is 1. The van der Waals surface area contributed by atoms with Gasteiger partial charge in [-0.3, -0.25) is 5.32 Å². The molecule has 2 rings (SSSR count). The molecule has 1 aromatic rings. The van der Waals surface area contributed by atoms with Crippen molar-refractivity contribution in [1.82, 2.24) is 5.43 Å². The molecule has 8 nitrogen and oxygen atoms in total. The number of amides is 1. The smallest absolute Gasteiger partial charge is 0.409 e. The summed E-state index contributed by atoms with van der Waals surface area (Å²) in [4.78, 5) is 10.8. The zero-order valence-corrected chi connectivity index (χ0v) is 11.0. The summed E-state index contributed by atoms with van der Waals surface area (Å²) < 4.78 is 10.2. The van der Waals surface area contributed by atoms with Crippen molar-refractivity contribution >= 4 is 23.4 Å². The Balaban J connectivity index is 2.34. The van der Waals surface area contributed by atoms with Crippen molar-refractivity contribution in [2.45, 2.75) is 0 Å². The largest absolute Gasteiger partial charge is 0.481 e. The van der Waals surface area contributed by atoms with Crippen LogP contribution in [0.1, 0.15) is 0 Å². The zero-order valence-electron chi connectivity index (χ0n) is 11.0. The molecule has 0 unspecified atom stereocenters. The fourth-order valence-electron chi connectivity index (χ4n) is 1.60. The summed E-state index contributed by atoms with van der Waals surface area (Å²) in [6.07, 6.45) is 0.414. The molecule has 20 heavy (non-hydrogen) atoms. The Morgan fingerprint density at radius 2 is 2.10 bits per heavy atom. The molecule has 0 aliphatic carbocycles. The molecule has 106 valence electrons. The quantitative estimate of drug-likeness (QED) is 0.776. The molecular weight excluding hydrogens is 264 g/mol. The van der Waals surface area contributed by atoms with Gasteiger partial charge in [-0.2, -0.15) is 5.12 Å². The summed E-state index contributed by atoms with van der Waals surface area (Å²) in [6, 6.07) is 6.80. The first-order valence-electron chi connectivity index (χ1n) is 5.68. The Morgan fingerprint density at radius 3 is 2.75 bits per heavy atom. The molecule has 1 aliphatic rings. The fourth-order valence-corrected chi connectivity index (χ4v) is 1.60. The van der Waals surface area contributed by atoms with Gasteiger partial charge in [0, 0.05) is 0 Å². The van der Waals surface area contributed by atoms with Gasteiger partial charge in [-0.05, 0) is 12.1 Å². The number of hydrazine groups is 1. The van der Waals surface area contributed by atoms with Crippen molar-refractivity contribution in [2.75, 3.05) is 24.7 Å². The van der Waals surface area contributed by atoms with Crippen LogP contribution in [0.5, 0.6) is 0 Å². The maximum atomic E-state index is 10.8. The Morgan fingerprint density at radius 1 is 1.35 bits per heavy atom. The van der Waals surface area contributed by atoms with E-state index in [9.17, 15) is 4.79 Å². The highest BCUT2D eigenvalue weighted by Crippen LogP contribution is 2.26. The summed E-state index contributed by atoms with van der Waals surface area (Å²) in [7, 11) is 2.98. The summed E-state index contributed by atoms with van der Waals surface area (Å²) in [5, 5.41) is 16.7. The van der Waals surface area contributed by atoms with Crippen LogP contribution in [0.4, 0.5) is 16.2 Å². The van der Waals surface area contributed by atoms with Gasteiger partial charge in [-0.15, -0.1) is 5.10 Å². The number of rotatable bonds is 3. The number of nitrogens with one attached hydrogen (secondary N) is 2. The summed E-state index contributed by atoms with van der Waals surface area (Å²) >= 11 is 0. The van der Waals surface area contributed by atoms with Gasteiger partial charge in [0.2, 0.25) is 11.8 Å². The van der Waals surface area contributed by atoms with E-state index in [1.165, 1.54) is 19.3 Å². The molecule has 0 atom stereocenters. The molecule has 1 heterocycles. The predicted molar refractivity (Wildman–Crippen MR) is 73.2 cm³/mol. The lowest BCUT2D eigenvalue weighted by Gasteiger charge is -2.26. The lowest BCUT2D eigenvalue weighted by Crippen LogP contribution is -2.38. The van der Waals surface area contributed by atoms with E-state index in [0.717, 1.165) is 0 Å². The minimum absolute atomic E-state index is 0.325. The molecule has 0 spiro atoms. The maximum absolute atomic E-state index is 10.8. The fraction of sp³-hybridized carbons (Fsp3) is 0.167. The number of hydrogen-bond acceptors (Lipinski definition) is 6. The topological polar surface area (TPSA) is 95.4 Å². The highest BCUT2D eigenvalue weighted by Gasteiger charge is 2.18. The highest BCUT2D eigenvalue weighted by atomic mass is 16.5. The second-order valence-corrected chi connectivity index (χ2v) is 3.73. The molecule has 8 heteroatoms. The molecule has 0 fully saturated rings. The van der Waals surface area contributed by atoms with Gasteiger partial charge in [0.15, 0.2) is 0 Å². The lowest BCUT2D eigenvalue weighted by atomic mass is 10.2. The number of anilines is 2. The van der Waals surface area contributed by atoms with Crippen LogP contribution >= 0.6 is 0 Å². The Kier molecular flexibility index (Phi) is 3.94. The van der Waals surface area contributed by atoms with Crippen LogP contribution in [0.2, 0.25) is 0 Å². The number of carboxylic acid groups (broad SMARTS) is 1. The summed E-state index contributed by atoms with van der Waals surface area (Å²) in [5.74, 6) is 0.743. The third-order valence-electron chi connectivity index (χ3n) is 2.47. The Bertz CT molecular complexity index is 570.